The number of aromatic nitrogens is 4. The Hall–Kier alpha value is -4.71. The molecule has 6 heteroatoms. The van der Waals surface area contributed by atoms with Crippen molar-refractivity contribution < 1.29 is 9.13 Å². The zero-order valence-electron chi connectivity index (χ0n) is 27.1. The van der Waals surface area contributed by atoms with Crippen molar-refractivity contribution in [1.82, 2.24) is 19.3 Å². The molecule has 0 saturated heterocycles. The quantitative estimate of drug-likeness (QED) is 0.153. The first-order valence-corrected chi connectivity index (χ1v) is 16.8. The van der Waals surface area contributed by atoms with E-state index < -0.39 is 0 Å². The van der Waals surface area contributed by atoms with Crippen LogP contribution in [0.3, 0.4) is 0 Å². The van der Waals surface area contributed by atoms with Crippen LogP contribution in [0.5, 0.6) is 11.5 Å². The summed E-state index contributed by atoms with van der Waals surface area (Å²) in [6.45, 7) is 9.11. The summed E-state index contributed by atoms with van der Waals surface area (Å²) >= 11 is 0. The second-order valence-electron chi connectivity index (χ2n) is 12.2. The highest BCUT2D eigenvalue weighted by atomic mass is 19.1. The van der Waals surface area contributed by atoms with Crippen LogP contribution in [-0.4, -0.2) is 19.3 Å². The Kier molecular flexibility index (Phi) is 8.20. The lowest BCUT2D eigenvalue weighted by Gasteiger charge is -2.33. The molecule has 0 spiro atoms. The van der Waals surface area contributed by atoms with E-state index in [1.165, 1.54) is 54.5 Å². The molecule has 0 amide bonds. The number of aryl methyl sites for hydroxylation is 1. The number of halogens is 1. The number of hydrogen-bond donors (Lipinski definition) is 0. The van der Waals surface area contributed by atoms with Gasteiger partial charge in [-0.3, -0.25) is 4.57 Å². The topological polar surface area (TPSA) is 44.9 Å². The lowest BCUT2D eigenvalue weighted by Crippen LogP contribution is -2.20. The van der Waals surface area contributed by atoms with Crippen LogP contribution in [0.4, 0.5) is 4.39 Å². The van der Waals surface area contributed by atoms with Gasteiger partial charge in [0.1, 0.15) is 23.1 Å². The number of rotatable bonds is 9. The van der Waals surface area contributed by atoms with E-state index in [-0.39, 0.29) is 5.82 Å². The predicted molar refractivity (Wildman–Crippen MR) is 185 cm³/mol. The van der Waals surface area contributed by atoms with Gasteiger partial charge in [0, 0.05) is 52.3 Å². The number of fused-ring (bicyclic) bond motifs is 3. The summed E-state index contributed by atoms with van der Waals surface area (Å²) in [5.74, 6) is 2.72. The van der Waals surface area contributed by atoms with Gasteiger partial charge in [0.05, 0.1) is 22.4 Å². The first-order valence-electron chi connectivity index (χ1n) is 16.8. The summed E-state index contributed by atoms with van der Waals surface area (Å²) in [5, 5.41) is 7.38. The minimum absolute atomic E-state index is 0.324. The molecule has 0 fully saturated rings. The highest BCUT2D eigenvalue weighted by Crippen LogP contribution is 2.45. The largest absolute Gasteiger partial charge is 0.457 e. The van der Waals surface area contributed by atoms with Gasteiger partial charge < -0.3 is 4.74 Å². The molecule has 0 radical (unpaired) electrons. The molecule has 2 atom stereocenters. The van der Waals surface area contributed by atoms with E-state index in [0.717, 1.165) is 52.5 Å². The normalized spacial score (nSPS) is 16.7. The monoisotopic (exact) mass is 612 g/mol. The van der Waals surface area contributed by atoms with Gasteiger partial charge in [0.2, 0.25) is 0 Å². The number of para-hydroxylation sites is 1. The van der Waals surface area contributed by atoms with Crippen molar-refractivity contribution >= 4 is 21.8 Å². The molecule has 3 aromatic heterocycles. The Balaban J connectivity index is 1.29. The van der Waals surface area contributed by atoms with Gasteiger partial charge in [-0.2, -0.15) is 5.10 Å². The zero-order valence-corrected chi connectivity index (χ0v) is 27.1. The molecule has 1 aliphatic carbocycles. The lowest BCUT2D eigenvalue weighted by molar-refractivity contribution is 0.392. The Morgan fingerprint density at radius 2 is 1.65 bits per heavy atom. The molecule has 0 N–H and O–H groups in total. The maximum atomic E-state index is 14.3. The number of ether oxygens (including phenoxy) is 1. The van der Waals surface area contributed by atoms with Crippen LogP contribution < -0.4 is 4.74 Å². The van der Waals surface area contributed by atoms with Gasteiger partial charge >= 0.3 is 0 Å². The fourth-order valence-electron chi connectivity index (χ4n) is 7.59. The maximum Gasteiger partial charge on any atom is 0.140 e. The molecule has 0 unspecified atom stereocenters. The van der Waals surface area contributed by atoms with Gasteiger partial charge in [-0.15, -0.1) is 0 Å². The molecule has 3 heterocycles. The van der Waals surface area contributed by atoms with Crippen LogP contribution in [0.1, 0.15) is 76.2 Å². The van der Waals surface area contributed by atoms with Crippen LogP contribution >= 0.6 is 0 Å². The van der Waals surface area contributed by atoms with E-state index in [0.29, 0.717) is 23.4 Å². The highest BCUT2D eigenvalue weighted by molar-refractivity contribution is 6.09. The SMILES string of the molecule is CCC1=CCC[C@H](CC)[C@@H]1c1c(CC)nn(-c2cccc(Oc3ccc4c5ccccc5n(-c5cc(F)ccn5)c4c3)c2)c1CC. The zero-order chi connectivity index (χ0) is 31.8. The van der Waals surface area contributed by atoms with Gasteiger partial charge in [-0.05, 0) is 74.4 Å². The van der Waals surface area contributed by atoms with Crippen LogP contribution in [0.2, 0.25) is 0 Å². The summed E-state index contributed by atoms with van der Waals surface area (Å²) in [6, 6.07) is 25.3. The fraction of sp³-hybridized carbons (Fsp3) is 0.300. The number of hydrogen-bond acceptors (Lipinski definition) is 3. The van der Waals surface area contributed by atoms with Crippen molar-refractivity contribution in [2.75, 3.05) is 0 Å². The Bertz CT molecular complexity index is 2070. The van der Waals surface area contributed by atoms with E-state index in [1.807, 2.05) is 47.0 Å². The smallest absolute Gasteiger partial charge is 0.140 e. The Labute approximate surface area is 270 Å². The fourth-order valence-corrected chi connectivity index (χ4v) is 7.59. The van der Waals surface area contributed by atoms with E-state index >= 15 is 0 Å². The first kappa shape index (κ1) is 30.0. The average molecular weight is 613 g/mol. The molecule has 1 aliphatic rings. The van der Waals surface area contributed by atoms with Crippen LogP contribution in [-0.2, 0) is 12.8 Å². The van der Waals surface area contributed by atoms with Crippen LogP contribution in [0.15, 0.2) is 96.7 Å². The standard InChI is InChI=1S/C40H41FN4O/c1-5-26-13-11-14-27(6-2)39(26)40-34(7-3)43-45(35(40)8-4)29-15-12-16-30(24-29)46-31-19-20-33-32-17-9-10-18-36(32)44(37(33)25-31)38-23-28(41)21-22-42-38/h9-10,12-13,15-25,27,39H,5-8,11,14H2,1-4H3/t27-,39+/m0/s1. The van der Waals surface area contributed by atoms with Crippen LogP contribution in [0, 0.1) is 11.7 Å². The maximum absolute atomic E-state index is 14.3. The molecule has 3 aromatic carbocycles. The molecule has 0 saturated carbocycles. The number of pyridine rings is 1. The minimum atomic E-state index is -0.324. The van der Waals surface area contributed by atoms with E-state index in [9.17, 15) is 4.39 Å². The number of benzene rings is 3. The Morgan fingerprint density at radius 1 is 0.826 bits per heavy atom. The summed E-state index contributed by atoms with van der Waals surface area (Å²) in [6.07, 6.45) is 10.5. The van der Waals surface area contributed by atoms with E-state index in [2.05, 4.69) is 67.7 Å². The van der Waals surface area contributed by atoms with Crippen molar-refractivity contribution in [3.05, 3.63) is 119 Å². The summed E-state index contributed by atoms with van der Waals surface area (Å²) in [5.41, 5.74) is 8.39. The molecule has 5 nitrogen and oxygen atoms in total. The second kappa shape index (κ2) is 12.6. The molecular formula is C40H41FN4O. The van der Waals surface area contributed by atoms with Crippen molar-refractivity contribution in [3.8, 4) is 23.0 Å². The summed E-state index contributed by atoms with van der Waals surface area (Å²) in [4.78, 5) is 4.50. The molecular weight excluding hydrogens is 571 g/mol. The molecule has 6 aromatic rings. The van der Waals surface area contributed by atoms with Gasteiger partial charge in [-0.25, -0.2) is 14.1 Å². The number of nitrogens with zero attached hydrogens (tertiary/aromatic N) is 4. The van der Waals surface area contributed by atoms with Crippen molar-refractivity contribution in [1.29, 1.82) is 0 Å². The lowest BCUT2D eigenvalue weighted by atomic mass is 9.71. The van der Waals surface area contributed by atoms with Crippen molar-refractivity contribution in [2.45, 2.75) is 72.1 Å². The summed E-state index contributed by atoms with van der Waals surface area (Å²) in [7, 11) is 0. The predicted octanol–water partition coefficient (Wildman–Crippen LogP) is 10.7. The molecule has 234 valence electrons. The number of allylic oxidation sites excluding steroid dienone is 2. The molecule has 0 aliphatic heterocycles. The first-order chi connectivity index (χ1) is 22.5. The molecule has 7 rings (SSSR count). The minimum Gasteiger partial charge on any atom is -0.457 e. The van der Waals surface area contributed by atoms with Crippen LogP contribution in [0.25, 0.3) is 33.3 Å². The van der Waals surface area contributed by atoms with Crippen molar-refractivity contribution in [3.63, 3.8) is 0 Å². The van der Waals surface area contributed by atoms with Gasteiger partial charge in [0.15, 0.2) is 0 Å². The Morgan fingerprint density at radius 3 is 2.43 bits per heavy atom. The van der Waals surface area contributed by atoms with E-state index in [1.54, 1.807) is 5.57 Å². The van der Waals surface area contributed by atoms with Gasteiger partial charge in [0.25, 0.3) is 0 Å². The third-order valence-electron chi connectivity index (χ3n) is 9.71. The van der Waals surface area contributed by atoms with Gasteiger partial charge in [-0.1, -0.05) is 70.0 Å². The second-order valence-corrected chi connectivity index (χ2v) is 12.2. The third kappa shape index (κ3) is 5.20. The average Bonchev–Trinajstić information content (AvgIpc) is 3.63. The molecule has 0 bridgehead atoms. The summed E-state index contributed by atoms with van der Waals surface area (Å²) < 4.78 is 25.0. The highest BCUT2D eigenvalue weighted by Gasteiger charge is 2.33. The third-order valence-corrected chi connectivity index (χ3v) is 9.71. The molecule has 46 heavy (non-hydrogen) atoms. The van der Waals surface area contributed by atoms with Crippen molar-refractivity contribution in [2.24, 2.45) is 5.92 Å². The van der Waals surface area contributed by atoms with E-state index in [4.69, 9.17) is 9.84 Å².